The summed E-state index contributed by atoms with van der Waals surface area (Å²) >= 11 is 6.16. The lowest BCUT2D eigenvalue weighted by molar-refractivity contribution is 0.102. The summed E-state index contributed by atoms with van der Waals surface area (Å²) in [4.78, 5) is 27.2. The molecule has 1 unspecified atom stereocenters. The number of aromatic nitrogens is 1. The van der Waals surface area contributed by atoms with Gasteiger partial charge in [-0.2, -0.15) is 0 Å². The molecule has 1 aromatic carbocycles. The summed E-state index contributed by atoms with van der Waals surface area (Å²) in [5.41, 5.74) is 2.22. The van der Waals surface area contributed by atoms with Crippen LogP contribution in [0.25, 0.3) is 0 Å². The van der Waals surface area contributed by atoms with Gasteiger partial charge in [0.2, 0.25) is 0 Å². The Balaban J connectivity index is 1.92. The second-order valence-corrected chi connectivity index (χ2v) is 7.55. The highest BCUT2D eigenvalue weighted by Crippen LogP contribution is 2.32. The molecule has 1 aliphatic rings. The van der Waals surface area contributed by atoms with E-state index in [4.69, 9.17) is 11.6 Å². The second-order valence-electron chi connectivity index (χ2n) is 7.11. The first-order valence-corrected chi connectivity index (χ1v) is 9.26. The highest BCUT2D eigenvalue weighted by atomic mass is 35.5. The van der Waals surface area contributed by atoms with Gasteiger partial charge in [0.05, 0.1) is 11.4 Å². The van der Waals surface area contributed by atoms with E-state index < -0.39 is 5.91 Å². The van der Waals surface area contributed by atoms with Crippen LogP contribution in [0.15, 0.2) is 35.3 Å². The van der Waals surface area contributed by atoms with Crippen molar-refractivity contribution < 1.29 is 4.79 Å². The number of piperidine rings is 1. The van der Waals surface area contributed by atoms with Crippen LogP contribution < -0.4 is 15.6 Å². The topological polar surface area (TPSA) is 54.3 Å². The monoisotopic (exact) mass is 373 g/mol. The Hall–Kier alpha value is -2.27. The number of pyridine rings is 1. The molecule has 3 rings (SSSR count). The van der Waals surface area contributed by atoms with E-state index >= 15 is 0 Å². The van der Waals surface area contributed by atoms with Crippen LogP contribution in [-0.4, -0.2) is 23.6 Å². The summed E-state index contributed by atoms with van der Waals surface area (Å²) in [5, 5.41) is 3.44. The third-order valence-electron chi connectivity index (χ3n) is 4.93. The Bertz CT molecular complexity index is 891. The summed E-state index contributed by atoms with van der Waals surface area (Å²) in [7, 11) is 1.81. The molecule has 6 heteroatoms. The number of rotatable bonds is 3. The summed E-state index contributed by atoms with van der Waals surface area (Å²) in [5.74, 6) is 0.187. The van der Waals surface area contributed by atoms with Crippen molar-refractivity contribution in [1.82, 2.24) is 4.57 Å². The predicted octanol–water partition coefficient (Wildman–Crippen LogP) is 3.84. The molecule has 0 aliphatic carbocycles. The van der Waals surface area contributed by atoms with Gasteiger partial charge in [-0.15, -0.1) is 0 Å². The molecule has 0 bridgehead atoms. The Morgan fingerprint density at radius 2 is 2.08 bits per heavy atom. The maximum atomic E-state index is 12.7. The number of nitrogens with zero attached hydrogens (tertiary/aromatic N) is 2. The normalized spacial score (nSPS) is 17.2. The van der Waals surface area contributed by atoms with Crippen molar-refractivity contribution in [1.29, 1.82) is 0 Å². The summed E-state index contributed by atoms with van der Waals surface area (Å²) in [6, 6.07) is 6.98. The molecule has 1 aliphatic heterocycles. The first-order chi connectivity index (χ1) is 12.3. The predicted molar refractivity (Wildman–Crippen MR) is 106 cm³/mol. The third-order valence-corrected chi connectivity index (χ3v) is 5.17. The number of nitrogens with one attached hydrogen (secondary N) is 1. The van der Waals surface area contributed by atoms with E-state index in [-0.39, 0.29) is 11.0 Å². The molecule has 1 amide bonds. The van der Waals surface area contributed by atoms with Crippen LogP contribution in [0.1, 0.15) is 35.8 Å². The number of amides is 1. The van der Waals surface area contributed by atoms with E-state index in [2.05, 4.69) is 17.1 Å². The molecule has 5 nitrogen and oxygen atoms in total. The van der Waals surface area contributed by atoms with E-state index in [1.807, 2.05) is 26.1 Å². The van der Waals surface area contributed by atoms with Crippen LogP contribution in [0, 0.1) is 12.8 Å². The number of aryl methyl sites for hydroxylation is 2. The molecular formula is C20H24ClN3O2. The van der Waals surface area contributed by atoms with Crippen molar-refractivity contribution in [3.63, 3.8) is 0 Å². The van der Waals surface area contributed by atoms with Gasteiger partial charge in [-0.05, 0) is 43.9 Å². The Morgan fingerprint density at radius 1 is 1.31 bits per heavy atom. The number of halogens is 1. The van der Waals surface area contributed by atoms with Crippen LogP contribution in [0.4, 0.5) is 11.4 Å². The van der Waals surface area contributed by atoms with Gasteiger partial charge in [-0.1, -0.05) is 18.5 Å². The average Bonchev–Trinajstić information content (AvgIpc) is 2.58. The van der Waals surface area contributed by atoms with Crippen molar-refractivity contribution in [3.05, 3.63) is 57.0 Å². The Kier molecular flexibility index (Phi) is 5.37. The lowest BCUT2D eigenvalue weighted by Gasteiger charge is -2.34. The number of carbonyl (C=O) groups excluding carboxylic acids is 1. The summed E-state index contributed by atoms with van der Waals surface area (Å²) in [6.45, 7) is 5.95. The highest BCUT2D eigenvalue weighted by molar-refractivity contribution is 6.31. The molecule has 138 valence electrons. The first kappa shape index (κ1) is 18.5. The van der Waals surface area contributed by atoms with Gasteiger partial charge in [0.15, 0.2) is 5.43 Å². The smallest absolute Gasteiger partial charge is 0.261 e. The number of benzene rings is 1. The van der Waals surface area contributed by atoms with Gasteiger partial charge in [0.25, 0.3) is 5.91 Å². The first-order valence-electron chi connectivity index (χ1n) is 8.88. The largest absolute Gasteiger partial charge is 0.370 e. The van der Waals surface area contributed by atoms with E-state index in [0.29, 0.717) is 16.6 Å². The zero-order valence-electron chi connectivity index (χ0n) is 15.4. The Morgan fingerprint density at radius 3 is 2.81 bits per heavy atom. The second kappa shape index (κ2) is 7.54. The third kappa shape index (κ3) is 3.93. The quantitative estimate of drug-likeness (QED) is 0.889. The van der Waals surface area contributed by atoms with Gasteiger partial charge in [-0.3, -0.25) is 9.59 Å². The molecule has 0 radical (unpaired) electrons. The zero-order valence-corrected chi connectivity index (χ0v) is 16.1. The highest BCUT2D eigenvalue weighted by Gasteiger charge is 2.21. The maximum absolute atomic E-state index is 12.7. The van der Waals surface area contributed by atoms with Gasteiger partial charge in [-0.25, -0.2) is 0 Å². The molecule has 0 spiro atoms. The standard InChI is InChI=1S/C20H24ClN3O2/c1-13-5-4-8-24(11-13)18-7-6-15(21)10-17(18)22-20(26)16-12-23(3)14(2)9-19(16)25/h6-7,9-10,12-13H,4-5,8,11H2,1-3H3,(H,22,26). The molecule has 1 aromatic heterocycles. The van der Waals surface area contributed by atoms with Crippen LogP contribution in [0.3, 0.4) is 0 Å². The molecule has 1 N–H and O–H groups in total. The maximum Gasteiger partial charge on any atom is 0.261 e. The van der Waals surface area contributed by atoms with Crippen LogP contribution >= 0.6 is 11.6 Å². The minimum atomic E-state index is -0.417. The van der Waals surface area contributed by atoms with Crippen molar-refractivity contribution in [2.75, 3.05) is 23.3 Å². The van der Waals surface area contributed by atoms with E-state index in [1.54, 1.807) is 16.8 Å². The van der Waals surface area contributed by atoms with Crippen molar-refractivity contribution in [2.24, 2.45) is 13.0 Å². The Labute approximate surface area is 158 Å². The van der Waals surface area contributed by atoms with E-state index in [1.165, 1.54) is 12.5 Å². The fraction of sp³-hybridized carbons (Fsp3) is 0.400. The zero-order chi connectivity index (χ0) is 18.8. The number of hydrogen-bond acceptors (Lipinski definition) is 3. The summed E-state index contributed by atoms with van der Waals surface area (Å²) < 4.78 is 1.77. The molecule has 26 heavy (non-hydrogen) atoms. The SMILES string of the molecule is Cc1cc(=O)c(C(=O)Nc2cc(Cl)ccc2N2CCCC(C)C2)cn1C. The molecule has 0 saturated carbocycles. The fourth-order valence-corrected chi connectivity index (χ4v) is 3.55. The van der Waals surface area contributed by atoms with Crippen molar-refractivity contribution in [3.8, 4) is 0 Å². The molecule has 1 saturated heterocycles. The average molecular weight is 374 g/mol. The fourth-order valence-electron chi connectivity index (χ4n) is 3.38. The number of carbonyl (C=O) groups is 1. The van der Waals surface area contributed by atoms with Gasteiger partial charge in [0, 0.05) is 43.1 Å². The lowest BCUT2D eigenvalue weighted by Crippen LogP contribution is -2.35. The minimum absolute atomic E-state index is 0.121. The van der Waals surface area contributed by atoms with Gasteiger partial charge < -0.3 is 14.8 Å². The van der Waals surface area contributed by atoms with Gasteiger partial charge >= 0.3 is 0 Å². The molecule has 1 fully saturated rings. The lowest BCUT2D eigenvalue weighted by atomic mass is 9.99. The molecule has 1 atom stereocenters. The molecular weight excluding hydrogens is 350 g/mol. The summed E-state index contributed by atoms with van der Waals surface area (Å²) in [6.07, 6.45) is 3.90. The van der Waals surface area contributed by atoms with E-state index in [0.717, 1.165) is 30.9 Å². The van der Waals surface area contributed by atoms with Crippen molar-refractivity contribution in [2.45, 2.75) is 26.7 Å². The van der Waals surface area contributed by atoms with Gasteiger partial charge in [0.1, 0.15) is 5.56 Å². The van der Waals surface area contributed by atoms with Crippen LogP contribution in [0.5, 0.6) is 0 Å². The minimum Gasteiger partial charge on any atom is -0.370 e. The van der Waals surface area contributed by atoms with E-state index in [9.17, 15) is 9.59 Å². The van der Waals surface area contributed by atoms with Crippen molar-refractivity contribution >= 4 is 28.9 Å². The van der Waals surface area contributed by atoms with Crippen LogP contribution in [-0.2, 0) is 7.05 Å². The number of hydrogen-bond donors (Lipinski definition) is 1. The van der Waals surface area contributed by atoms with Crippen LogP contribution in [0.2, 0.25) is 5.02 Å². The molecule has 2 aromatic rings. The number of anilines is 2. The molecule has 2 heterocycles.